The van der Waals surface area contributed by atoms with Crippen LogP contribution in [0.1, 0.15) is 39.2 Å². The Kier molecular flexibility index (Phi) is 11.6. The van der Waals surface area contributed by atoms with Crippen LogP contribution in [-0.4, -0.2) is 58.0 Å². The van der Waals surface area contributed by atoms with Crippen molar-refractivity contribution in [3.05, 3.63) is 84.4 Å². The molecule has 0 saturated heterocycles. The summed E-state index contributed by atoms with van der Waals surface area (Å²) in [7, 11) is -2.62. The van der Waals surface area contributed by atoms with Gasteiger partial charge in [-0.2, -0.15) is 0 Å². The number of para-hydroxylation sites is 2. The van der Waals surface area contributed by atoms with E-state index in [1.165, 1.54) is 17.0 Å². The number of carbonyl (C=O) groups is 2. The molecule has 0 saturated carbocycles. The molecule has 41 heavy (non-hydrogen) atoms. The van der Waals surface area contributed by atoms with Gasteiger partial charge >= 0.3 is 0 Å². The SMILES string of the molecule is CCCCNC(=O)C(C)N(Cc1ccc(OC)cc1)C(=O)CN(c1ccccc1OCC)S(=O)(=O)c1ccccc1. The monoisotopic (exact) mass is 581 g/mol. The quantitative estimate of drug-likeness (QED) is 0.263. The fraction of sp³-hybridized carbons (Fsp3) is 0.355. The number of ether oxygens (including phenoxy) is 2. The summed E-state index contributed by atoms with van der Waals surface area (Å²) in [6, 6.07) is 20.9. The van der Waals surface area contributed by atoms with Crippen molar-refractivity contribution in [2.75, 3.05) is 31.1 Å². The number of benzene rings is 3. The summed E-state index contributed by atoms with van der Waals surface area (Å²) < 4.78 is 40.0. The van der Waals surface area contributed by atoms with Crippen LogP contribution in [0.15, 0.2) is 83.8 Å². The Morgan fingerprint density at radius 2 is 1.59 bits per heavy atom. The molecule has 1 unspecified atom stereocenters. The van der Waals surface area contributed by atoms with E-state index >= 15 is 0 Å². The molecule has 0 radical (unpaired) electrons. The number of anilines is 1. The lowest BCUT2D eigenvalue weighted by Crippen LogP contribution is -2.51. The molecule has 2 amide bonds. The third-order valence-corrected chi connectivity index (χ3v) is 8.33. The summed E-state index contributed by atoms with van der Waals surface area (Å²) in [4.78, 5) is 28.6. The van der Waals surface area contributed by atoms with Crippen LogP contribution < -0.4 is 19.1 Å². The highest BCUT2D eigenvalue weighted by atomic mass is 32.2. The van der Waals surface area contributed by atoms with Gasteiger partial charge in [0.05, 0.1) is 24.3 Å². The van der Waals surface area contributed by atoms with Gasteiger partial charge in [0.1, 0.15) is 24.1 Å². The Balaban J connectivity index is 2.03. The molecule has 9 nitrogen and oxygen atoms in total. The van der Waals surface area contributed by atoms with Gasteiger partial charge in [0.2, 0.25) is 11.8 Å². The smallest absolute Gasteiger partial charge is 0.264 e. The molecule has 10 heteroatoms. The molecular formula is C31H39N3O6S. The second kappa shape index (κ2) is 15.1. The number of sulfonamides is 1. The fourth-order valence-electron chi connectivity index (χ4n) is 4.22. The third-order valence-electron chi connectivity index (χ3n) is 6.55. The third kappa shape index (κ3) is 8.23. The molecule has 3 aromatic carbocycles. The zero-order valence-corrected chi connectivity index (χ0v) is 24.9. The van der Waals surface area contributed by atoms with Crippen LogP contribution in [0.25, 0.3) is 0 Å². The van der Waals surface area contributed by atoms with Gasteiger partial charge in [-0.25, -0.2) is 8.42 Å². The predicted molar refractivity (Wildman–Crippen MR) is 160 cm³/mol. The van der Waals surface area contributed by atoms with Crippen molar-refractivity contribution in [3.63, 3.8) is 0 Å². The summed E-state index contributed by atoms with van der Waals surface area (Å²) in [5, 5.41) is 2.88. The van der Waals surface area contributed by atoms with Crippen molar-refractivity contribution in [2.24, 2.45) is 0 Å². The molecule has 3 rings (SSSR count). The maximum atomic E-state index is 14.1. The largest absolute Gasteiger partial charge is 0.497 e. The van der Waals surface area contributed by atoms with E-state index in [0.29, 0.717) is 24.7 Å². The van der Waals surface area contributed by atoms with Crippen molar-refractivity contribution in [2.45, 2.75) is 51.1 Å². The van der Waals surface area contributed by atoms with Gasteiger partial charge in [-0.1, -0.05) is 55.8 Å². The van der Waals surface area contributed by atoms with E-state index in [1.54, 1.807) is 75.6 Å². The number of hydrogen-bond donors (Lipinski definition) is 1. The lowest BCUT2D eigenvalue weighted by atomic mass is 10.1. The molecule has 3 aromatic rings. The number of methoxy groups -OCH3 is 1. The van der Waals surface area contributed by atoms with Crippen LogP contribution in [0.5, 0.6) is 11.5 Å². The van der Waals surface area contributed by atoms with Gasteiger partial charge in [0.15, 0.2) is 0 Å². The first-order chi connectivity index (χ1) is 19.7. The van der Waals surface area contributed by atoms with Gasteiger partial charge in [0, 0.05) is 13.1 Å². The number of carbonyl (C=O) groups excluding carboxylic acids is 2. The molecule has 220 valence electrons. The van der Waals surface area contributed by atoms with Gasteiger partial charge in [0.25, 0.3) is 10.0 Å². The average Bonchev–Trinajstić information content (AvgIpc) is 2.99. The minimum Gasteiger partial charge on any atom is -0.497 e. The summed E-state index contributed by atoms with van der Waals surface area (Å²) in [5.41, 5.74) is 0.996. The van der Waals surface area contributed by atoms with E-state index in [1.807, 2.05) is 19.1 Å². The van der Waals surface area contributed by atoms with Crippen LogP contribution >= 0.6 is 0 Å². The number of nitrogens with zero attached hydrogens (tertiary/aromatic N) is 2. The summed E-state index contributed by atoms with van der Waals surface area (Å²) in [6.07, 6.45) is 1.72. The van der Waals surface area contributed by atoms with Gasteiger partial charge < -0.3 is 19.7 Å². The second-order valence-electron chi connectivity index (χ2n) is 9.42. The van der Waals surface area contributed by atoms with Crippen molar-refractivity contribution in [1.82, 2.24) is 10.2 Å². The molecule has 0 fully saturated rings. The first-order valence-electron chi connectivity index (χ1n) is 13.7. The standard InChI is InChI=1S/C31H39N3O6S/c1-5-7-21-32-31(36)24(3)33(22-25-17-19-26(39-4)20-18-25)30(35)23-34(28-15-11-12-16-29(28)40-6-2)41(37,38)27-13-9-8-10-14-27/h8-20,24H,5-7,21-23H2,1-4H3,(H,32,36). The number of unbranched alkanes of at least 4 members (excludes halogenated alkanes) is 1. The molecule has 0 aliphatic carbocycles. The van der Waals surface area contributed by atoms with E-state index in [9.17, 15) is 18.0 Å². The maximum Gasteiger partial charge on any atom is 0.264 e. The van der Waals surface area contributed by atoms with Crippen molar-refractivity contribution in [1.29, 1.82) is 0 Å². The molecule has 0 bridgehead atoms. The first-order valence-corrected chi connectivity index (χ1v) is 15.2. The Labute approximate surface area is 243 Å². The van der Waals surface area contributed by atoms with E-state index in [-0.39, 0.29) is 23.0 Å². The van der Waals surface area contributed by atoms with Crippen LogP contribution in [0, 0.1) is 0 Å². The summed E-state index contributed by atoms with van der Waals surface area (Å²) in [5.74, 6) is 0.135. The Bertz CT molecular complexity index is 1380. The maximum absolute atomic E-state index is 14.1. The van der Waals surface area contributed by atoms with Crippen LogP contribution in [-0.2, 0) is 26.2 Å². The molecule has 0 spiro atoms. The van der Waals surface area contributed by atoms with E-state index in [0.717, 1.165) is 22.7 Å². The summed E-state index contributed by atoms with van der Waals surface area (Å²) in [6.45, 7) is 5.82. The number of amides is 2. The highest BCUT2D eigenvalue weighted by molar-refractivity contribution is 7.92. The minimum absolute atomic E-state index is 0.0335. The molecule has 0 aliphatic rings. The van der Waals surface area contributed by atoms with E-state index in [4.69, 9.17) is 9.47 Å². The molecule has 0 heterocycles. The Hall–Kier alpha value is -4.05. The Morgan fingerprint density at radius 3 is 2.22 bits per heavy atom. The van der Waals surface area contributed by atoms with Gasteiger partial charge in [-0.3, -0.25) is 13.9 Å². The van der Waals surface area contributed by atoms with Crippen molar-refractivity contribution >= 4 is 27.5 Å². The fourth-order valence-corrected chi connectivity index (χ4v) is 5.67. The van der Waals surface area contributed by atoms with Gasteiger partial charge in [-0.05, 0) is 62.2 Å². The highest BCUT2D eigenvalue weighted by Crippen LogP contribution is 2.33. The number of rotatable bonds is 15. The molecule has 0 aliphatic heterocycles. The molecule has 1 atom stereocenters. The van der Waals surface area contributed by atoms with Crippen LogP contribution in [0.2, 0.25) is 0 Å². The van der Waals surface area contributed by atoms with Crippen molar-refractivity contribution in [3.8, 4) is 11.5 Å². The molecular weight excluding hydrogens is 542 g/mol. The number of nitrogens with one attached hydrogen (secondary N) is 1. The second-order valence-corrected chi connectivity index (χ2v) is 11.3. The predicted octanol–water partition coefficient (Wildman–Crippen LogP) is 4.62. The normalized spacial score (nSPS) is 11.8. The van der Waals surface area contributed by atoms with E-state index in [2.05, 4.69) is 5.32 Å². The molecule has 0 aromatic heterocycles. The lowest BCUT2D eigenvalue weighted by molar-refractivity contribution is -0.139. The highest BCUT2D eigenvalue weighted by Gasteiger charge is 2.33. The number of hydrogen-bond acceptors (Lipinski definition) is 6. The average molecular weight is 582 g/mol. The van der Waals surface area contributed by atoms with Gasteiger partial charge in [-0.15, -0.1) is 0 Å². The van der Waals surface area contributed by atoms with E-state index < -0.39 is 28.5 Å². The van der Waals surface area contributed by atoms with Crippen LogP contribution in [0.4, 0.5) is 5.69 Å². The van der Waals surface area contributed by atoms with Crippen LogP contribution in [0.3, 0.4) is 0 Å². The lowest BCUT2D eigenvalue weighted by Gasteiger charge is -2.32. The van der Waals surface area contributed by atoms with Crippen molar-refractivity contribution < 1.29 is 27.5 Å². The minimum atomic E-state index is -4.18. The zero-order valence-electron chi connectivity index (χ0n) is 24.1. The zero-order chi connectivity index (χ0) is 29.8. The summed E-state index contributed by atoms with van der Waals surface area (Å²) >= 11 is 0. The Morgan fingerprint density at radius 1 is 0.927 bits per heavy atom. The molecule has 1 N–H and O–H groups in total. The first kappa shape index (κ1) is 31.5. The topological polar surface area (TPSA) is 105 Å².